The Balaban J connectivity index is 1.84. The largest absolute Gasteiger partial charge is 0.497 e. The summed E-state index contributed by atoms with van der Waals surface area (Å²) >= 11 is 0. The average molecular weight is 399 g/mol. The van der Waals surface area contributed by atoms with Crippen molar-refractivity contribution in [2.75, 3.05) is 19.1 Å². The summed E-state index contributed by atoms with van der Waals surface area (Å²) in [6.45, 7) is 0. The minimum Gasteiger partial charge on any atom is -0.497 e. The first-order chi connectivity index (χ1) is 13.9. The highest BCUT2D eigenvalue weighted by Crippen LogP contribution is 2.46. The van der Waals surface area contributed by atoms with Gasteiger partial charge in [0.15, 0.2) is 11.6 Å². The average Bonchev–Trinajstić information content (AvgIpc) is 2.73. The Morgan fingerprint density at radius 1 is 0.931 bits per heavy atom. The number of para-hydroxylation sites is 1. The van der Waals surface area contributed by atoms with Gasteiger partial charge in [0, 0.05) is 18.4 Å². The summed E-state index contributed by atoms with van der Waals surface area (Å²) in [7, 11) is 3.34. The zero-order valence-corrected chi connectivity index (χ0v) is 15.6. The van der Waals surface area contributed by atoms with E-state index in [2.05, 4.69) is 0 Å². The minimum atomic E-state index is -1.55. The maximum Gasteiger partial charge on any atom is 0.323 e. The lowest BCUT2D eigenvalue weighted by Gasteiger charge is -2.34. The standard InChI is InChI=1S/C22H16F3NO3/c1-26-17-6-4-3-5-13(17)19(14-11-12(28-2)7-10-18(14)26)22(27)29-21-16(24)9-8-15(23)20(21)25/h3-11,19H,1-2H3. The summed E-state index contributed by atoms with van der Waals surface area (Å²) in [4.78, 5) is 15.0. The fourth-order valence-electron chi connectivity index (χ4n) is 3.55. The molecular weight excluding hydrogens is 383 g/mol. The lowest BCUT2D eigenvalue weighted by molar-refractivity contribution is -0.135. The maximum absolute atomic E-state index is 14.0. The van der Waals surface area contributed by atoms with E-state index in [9.17, 15) is 18.0 Å². The Bertz CT molecular complexity index is 1120. The molecule has 3 aromatic rings. The van der Waals surface area contributed by atoms with E-state index in [-0.39, 0.29) is 0 Å². The van der Waals surface area contributed by atoms with Gasteiger partial charge in [0.25, 0.3) is 0 Å². The van der Waals surface area contributed by atoms with Crippen LogP contribution in [0.15, 0.2) is 54.6 Å². The Labute approximate surface area is 165 Å². The van der Waals surface area contributed by atoms with Crippen LogP contribution in [0.2, 0.25) is 0 Å². The van der Waals surface area contributed by atoms with Crippen LogP contribution in [0.1, 0.15) is 17.0 Å². The first kappa shape index (κ1) is 18.9. The van der Waals surface area contributed by atoms with E-state index < -0.39 is 35.1 Å². The number of rotatable bonds is 3. The smallest absolute Gasteiger partial charge is 0.323 e. The predicted octanol–water partition coefficient (Wildman–Crippen LogP) is 4.93. The zero-order valence-electron chi connectivity index (χ0n) is 15.6. The number of hydrogen-bond acceptors (Lipinski definition) is 4. The third kappa shape index (κ3) is 3.08. The van der Waals surface area contributed by atoms with E-state index in [1.54, 1.807) is 30.3 Å². The van der Waals surface area contributed by atoms with Crippen molar-refractivity contribution in [2.24, 2.45) is 0 Å². The highest BCUT2D eigenvalue weighted by molar-refractivity contribution is 5.92. The zero-order chi connectivity index (χ0) is 20.7. The molecule has 0 saturated heterocycles. The van der Waals surface area contributed by atoms with Gasteiger partial charge in [-0.15, -0.1) is 0 Å². The van der Waals surface area contributed by atoms with Crippen molar-refractivity contribution in [1.82, 2.24) is 0 Å². The van der Waals surface area contributed by atoms with Gasteiger partial charge in [-0.1, -0.05) is 18.2 Å². The van der Waals surface area contributed by atoms with Crippen LogP contribution in [-0.4, -0.2) is 20.1 Å². The van der Waals surface area contributed by atoms with Gasteiger partial charge in [0.2, 0.25) is 11.6 Å². The third-order valence-corrected chi connectivity index (χ3v) is 4.96. The fraction of sp³-hybridized carbons (Fsp3) is 0.136. The van der Waals surface area contributed by atoms with Gasteiger partial charge in [0.05, 0.1) is 7.11 Å². The molecule has 0 saturated carbocycles. The number of methoxy groups -OCH3 is 1. The fourth-order valence-corrected chi connectivity index (χ4v) is 3.55. The molecule has 3 aromatic carbocycles. The van der Waals surface area contributed by atoms with E-state index in [0.717, 1.165) is 5.69 Å². The number of anilines is 2. The van der Waals surface area contributed by atoms with Gasteiger partial charge in [0.1, 0.15) is 11.7 Å². The number of fused-ring (bicyclic) bond motifs is 2. The molecule has 148 valence electrons. The number of carbonyl (C=O) groups is 1. The van der Waals surface area contributed by atoms with Crippen molar-refractivity contribution in [3.63, 3.8) is 0 Å². The van der Waals surface area contributed by atoms with E-state index in [4.69, 9.17) is 9.47 Å². The molecule has 1 aliphatic rings. The Morgan fingerprint density at radius 3 is 2.38 bits per heavy atom. The van der Waals surface area contributed by atoms with Crippen molar-refractivity contribution in [1.29, 1.82) is 0 Å². The second-order valence-electron chi connectivity index (χ2n) is 6.57. The van der Waals surface area contributed by atoms with Crippen LogP contribution in [0.4, 0.5) is 24.5 Å². The highest BCUT2D eigenvalue weighted by Gasteiger charge is 2.36. The molecule has 4 rings (SSSR count). The van der Waals surface area contributed by atoms with Gasteiger partial charge in [-0.05, 0) is 47.5 Å². The highest BCUT2D eigenvalue weighted by atomic mass is 19.2. The van der Waals surface area contributed by atoms with Crippen molar-refractivity contribution >= 4 is 17.3 Å². The van der Waals surface area contributed by atoms with E-state index in [1.165, 1.54) is 7.11 Å². The van der Waals surface area contributed by atoms with Crippen LogP contribution < -0.4 is 14.4 Å². The molecule has 1 aliphatic heterocycles. The number of ether oxygens (including phenoxy) is 2. The summed E-state index contributed by atoms with van der Waals surface area (Å²) < 4.78 is 51.9. The van der Waals surface area contributed by atoms with Crippen LogP contribution in [-0.2, 0) is 4.79 Å². The molecule has 1 atom stereocenters. The number of esters is 1. The first-order valence-corrected chi connectivity index (χ1v) is 8.78. The molecule has 0 radical (unpaired) electrons. The molecular formula is C22H16F3NO3. The lowest BCUT2D eigenvalue weighted by Crippen LogP contribution is -2.29. The normalized spacial score (nSPS) is 14.8. The SMILES string of the molecule is COc1ccc2c(c1)C(C(=O)Oc1c(F)ccc(F)c1F)c1ccccc1N2C. The molecule has 0 amide bonds. The molecule has 0 aromatic heterocycles. The Hall–Kier alpha value is -3.48. The van der Waals surface area contributed by atoms with Crippen molar-refractivity contribution in [2.45, 2.75) is 5.92 Å². The number of carbonyl (C=O) groups excluding carboxylic acids is 1. The molecule has 0 fully saturated rings. The number of hydrogen-bond donors (Lipinski definition) is 0. The summed E-state index contributed by atoms with van der Waals surface area (Å²) in [5.74, 6) is -6.47. The number of halogens is 3. The van der Waals surface area contributed by atoms with Crippen LogP contribution in [0.3, 0.4) is 0 Å². The van der Waals surface area contributed by atoms with Gasteiger partial charge in [-0.3, -0.25) is 4.79 Å². The number of benzene rings is 3. The first-order valence-electron chi connectivity index (χ1n) is 8.78. The summed E-state index contributed by atoms with van der Waals surface area (Å²) in [5.41, 5.74) is 2.60. The summed E-state index contributed by atoms with van der Waals surface area (Å²) in [6, 6.07) is 13.7. The Morgan fingerprint density at radius 2 is 1.62 bits per heavy atom. The topological polar surface area (TPSA) is 38.8 Å². The molecule has 0 aliphatic carbocycles. The molecule has 0 spiro atoms. The monoisotopic (exact) mass is 399 g/mol. The van der Waals surface area contributed by atoms with Crippen LogP contribution in [0.5, 0.6) is 11.5 Å². The minimum absolute atomic E-state index is 0.512. The maximum atomic E-state index is 14.0. The second kappa shape index (κ2) is 7.16. The van der Waals surface area contributed by atoms with Crippen LogP contribution in [0.25, 0.3) is 0 Å². The van der Waals surface area contributed by atoms with Gasteiger partial charge in [-0.2, -0.15) is 4.39 Å². The molecule has 0 bridgehead atoms. The van der Waals surface area contributed by atoms with Gasteiger partial charge >= 0.3 is 5.97 Å². The molecule has 4 nitrogen and oxygen atoms in total. The molecule has 1 heterocycles. The van der Waals surface area contributed by atoms with E-state index in [1.807, 2.05) is 24.1 Å². The van der Waals surface area contributed by atoms with Gasteiger partial charge < -0.3 is 14.4 Å². The summed E-state index contributed by atoms with van der Waals surface area (Å²) in [6.07, 6.45) is 0. The molecule has 7 heteroatoms. The summed E-state index contributed by atoms with van der Waals surface area (Å²) in [5, 5.41) is 0. The Kier molecular flexibility index (Phi) is 4.66. The second-order valence-corrected chi connectivity index (χ2v) is 6.57. The third-order valence-electron chi connectivity index (χ3n) is 4.96. The van der Waals surface area contributed by atoms with Crippen LogP contribution in [0, 0.1) is 17.5 Å². The van der Waals surface area contributed by atoms with Gasteiger partial charge in [-0.25, -0.2) is 8.78 Å². The van der Waals surface area contributed by atoms with Crippen molar-refractivity contribution in [3.8, 4) is 11.5 Å². The van der Waals surface area contributed by atoms with Crippen molar-refractivity contribution < 1.29 is 27.4 Å². The van der Waals surface area contributed by atoms with Crippen LogP contribution >= 0.6 is 0 Å². The lowest BCUT2D eigenvalue weighted by atomic mass is 9.85. The quantitative estimate of drug-likeness (QED) is 0.356. The molecule has 1 unspecified atom stereocenters. The van der Waals surface area contributed by atoms with Crippen molar-refractivity contribution in [3.05, 3.63) is 83.2 Å². The number of nitrogens with zero attached hydrogens (tertiary/aromatic N) is 1. The molecule has 29 heavy (non-hydrogen) atoms. The predicted molar refractivity (Wildman–Crippen MR) is 101 cm³/mol. The van der Waals surface area contributed by atoms with E-state index in [0.29, 0.717) is 34.7 Å². The molecule has 0 N–H and O–H groups in total. The van der Waals surface area contributed by atoms with E-state index >= 15 is 0 Å².